The van der Waals surface area contributed by atoms with Crippen LogP contribution in [0.15, 0.2) is 47.4 Å². The smallest absolute Gasteiger partial charge is 0.255 e. The highest BCUT2D eigenvalue weighted by molar-refractivity contribution is 5.94. The van der Waals surface area contributed by atoms with Crippen molar-refractivity contribution >= 4 is 5.91 Å². The Morgan fingerprint density at radius 3 is 2.55 bits per heavy atom. The molecule has 154 valence electrons. The van der Waals surface area contributed by atoms with Crippen LogP contribution in [-0.2, 0) is 6.54 Å². The summed E-state index contributed by atoms with van der Waals surface area (Å²) in [4.78, 5) is 31.2. The molecule has 1 N–H and O–H groups in total. The highest BCUT2D eigenvalue weighted by Gasteiger charge is 2.42. The number of carbonyl (C=O) groups excluding carboxylic acids is 1. The number of amides is 1. The normalized spacial score (nSPS) is 22.5. The third-order valence-corrected chi connectivity index (χ3v) is 6.55. The van der Waals surface area contributed by atoms with Crippen LogP contribution < -0.4 is 5.56 Å². The number of carbonyl (C=O) groups is 1. The summed E-state index contributed by atoms with van der Waals surface area (Å²) in [5.41, 5.74) is 3.35. The van der Waals surface area contributed by atoms with E-state index < -0.39 is 0 Å². The van der Waals surface area contributed by atoms with E-state index in [1.165, 1.54) is 36.2 Å². The minimum Gasteiger partial charge on any atom is -0.338 e. The number of likely N-dealkylation sites (tertiary alicyclic amines) is 2. The predicted octanol–water partition coefficient (Wildman–Crippen LogP) is 3.63. The van der Waals surface area contributed by atoms with Crippen molar-refractivity contribution in [2.45, 2.75) is 45.6 Å². The lowest BCUT2D eigenvalue weighted by molar-refractivity contribution is 0.0675. The van der Waals surface area contributed by atoms with Crippen molar-refractivity contribution in [1.29, 1.82) is 0 Å². The summed E-state index contributed by atoms with van der Waals surface area (Å²) in [5, 5.41) is 0. The number of piperidine rings is 1. The van der Waals surface area contributed by atoms with Gasteiger partial charge >= 0.3 is 0 Å². The second kappa shape index (κ2) is 8.15. The molecule has 5 heteroatoms. The fraction of sp³-hybridized carbons (Fsp3) is 0.500. The molecule has 1 spiro atoms. The molecular formula is C24H31N3O2. The molecular weight excluding hydrogens is 362 g/mol. The monoisotopic (exact) mass is 393 g/mol. The summed E-state index contributed by atoms with van der Waals surface area (Å²) in [5.74, 6) is 0.589. The van der Waals surface area contributed by atoms with Crippen molar-refractivity contribution in [1.82, 2.24) is 14.8 Å². The van der Waals surface area contributed by atoms with E-state index in [9.17, 15) is 9.59 Å². The number of hydrogen-bond acceptors (Lipinski definition) is 3. The molecule has 3 heterocycles. The molecule has 1 unspecified atom stereocenters. The van der Waals surface area contributed by atoms with Gasteiger partial charge in [-0.2, -0.15) is 0 Å². The summed E-state index contributed by atoms with van der Waals surface area (Å²) in [7, 11) is 0. The Hall–Kier alpha value is -2.40. The van der Waals surface area contributed by atoms with Crippen LogP contribution in [0, 0.1) is 5.41 Å². The molecule has 0 saturated carbocycles. The molecule has 2 saturated heterocycles. The number of pyridine rings is 1. The Balaban J connectivity index is 1.39. The average molecular weight is 394 g/mol. The van der Waals surface area contributed by atoms with Gasteiger partial charge in [0.2, 0.25) is 5.56 Å². The lowest BCUT2D eigenvalue weighted by Crippen LogP contribution is -2.45. The first-order valence-electron chi connectivity index (χ1n) is 10.7. The third kappa shape index (κ3) is 4.45. The highest BCUT2D eigenvalue weighted by atomic mass is 16.2. The summed E-state index contributed by atoms with van der Waals surface area (Å²) < 4.78 is 0. The number of nitrogens with zero attached hydrogens (tertiary/aromatic N) is 2. The van der Waals surface area contributed by atoms with E-state index in [-0.39, 0.29) is 16.9 Å². The van der Waals surface area contributed by atoms with Gasteiger partial charge in [0.15, 0.2) is 0 Å². The van der Waals surface area contributed by atoms with Crippen LogP contribution in [0.2, 0.25) is 0 Å². The Labute approximate surface area is 172 Å². The molecule has 2 aliphatic rings. The van der Waals surface area contributed by atoms with E-state index >= 15 is 0 Å². The number of benzene rings is 1. The largest absolute Gasteiger partial charge is 0.338 e. The minimum atomic E-state index is -0.177. The second-order valence-electron chi connectivity index (χ2n) is 9.13. The van der Waals surface area contributed by atoms with Crippen LogP contribution in [0.1, 0.15) is 60.5 Å². The van der Waals surface area contributed by atoms with Crippen molar-refractivity contribution in [3.05, 3.63) is 69.6 Å². The quantitative estimate of drug-likeness (QED) is 0.863. The zero-order chi connectivity index (χ0) is 20.4. The molecule has 1 amide bonds. The Kier molecular flexibility index (Phi) is 5.59. The molecule has 5 nitrogen and oxygen atoms in total. The van der Waals surface area contributed by atoms with Crippen molar-refractivity contribution in [3.8, 4) is 0 Å². The Bertz CT molecular complexity index is 898. The van der Waals surface area contributed by atoms with Gasteiger partial charge in [0.05, 0.1) is 5.56 Å². The van der Waals surface area contributed by atoms with Gasteiger partial charge in [-0.05, 0) is 48.9 Å². The van der Waals surface area contributed by atoms with E-state index in [0.29, 0.717) is 11.5 Å². The second-order valence-corrected chi connectivity index (χ2v) is 9.13. The molecule has 4 rings (SSSR count). The van der Waals surface area contributed by atoms with Gasteiger partial charge in [-0.1, -0.05) is 38.1 Å². The number of H-pyrrole nitrogens is 1. The summed E-state index contributed by atoms with van der Waals surface area (Å²) in [6.45, 7) is 9.22. The van der Waals surface area contributed by atoms with E-state index in [1.807, 2.05) is 4.90 Å². The maximum Gasteiger partial charge on any atom is 0.255 e. The topological polar surface area (TPSA) is 56.4 Å². The average Bonchev–Trinajstić information content (AvgIpc) is 3.11. The van der Waals surface area contributed by atoms with Crippen LogP contribution in [0.25, 0.3) is 0 Å². The first-order chi connectivity index (χ1) is 13.9. The first kappa shape index (κ1) is 19.9. The fourth-order valence-corrected chi connectivity index (χ4v) is 4.88. The van der Waals surface area contributed by atoms with E-state index in [2.05, 4.69) is 48.0 Å². The van der Waals surface area contributed by atoms with Gasteiger partial charge in [-0.25, -0.2) is 0 Å². The Morgan fingerprint density at radius 1 is 1.07 bits per heavy atom. The van der Waals surface area contributed by atoms with Gasteiger partial charge < -0.3 is 9.88 Å². The van der Waals surface area contributed by atoms with Crippen LogP contribution >= 0.6 is 0 Å². The highest BCUT2D eigenvalue weighted by Crippen LogP contribution is 2.39. The van der Waals surface area contributed by atoms with Gasteiger partial charge in [0.25, 0.3) is 5.91 Å². The predicted molar refractivity (Wildman–Crippen MR) is 115 cm³/mol. The minimum absolute atomic E-state index is 0.0273. The summed E-state index contributed by atoms with van der Waals surface area (Å²) in [6, 6.07) is 12.1. The van der Waals surface area contributed by atoms with Crippen LogP contribution in [0.3, 0.4) is 0 Å². The van der Waals surface area contributed by atoms with Gasteiger partial charge in [0, 0.05) is 43.9 Å². The third-order valence-electron chi connectivity index (χ3n) is 6.55. The number of hydrogen-bond donors (Lipinski definition) is 1. The molecule has 2 fully saturated rings. The van der Waals surface area contributed by atoms with Gasteiger partial charge in [-0.15, -0.1) is 0 Å². The molecule has 1 aromatic carbocycles. The molecule has 2 aromatic rings. The fourth-order valence-electron chi connectivity index (χ4n) is 4.88. The first-order valence-corrected chi connectivity index (χ1v) is 10.7. The van der Waals surface area contributed by atoms with Crippen LogP contribution in [0.5, 0.6) is 0 Å². The van der Waals surface area contributed by atoms with E-state index in [0.717, 1.165) is 39.1 Å². The van der Waals surface area contributed by atoms with Crippen molar-refractivity contribution in [2.24, 2.45) is 5.41 Å². The maximum atomic E-state index is 12.8. The van der Waals surface area contributed by atoms with Gasteiger partial charge in [-0.3, -0.25) is 14.5 Å². The maximum absolute atomic E-state index is 12.8. The molecule has 0 radical (unpaired) electrons. The standard InChI is InChI=1S/C24H31N3O2/c1-18(2)20-6-4-19(5-7-20)15-26-12-3-10-24(16-26)11-13-27(17-24)23(29)21-8-9-22(28)25-14-21/h4-9,14,18H,3,10-13,15-17H2,1-2H3,(H,25,28). The molecule has 0 bridgehead atoms. The van der Waals surface area contributed by atoms with Crippen LogP contribution in [0.4, 0.5) is 0 Å². The van der Waals surface area contributed by atoms with E-state index in [4.69, 9.17) is 0 Å². The number of nitrogens with one attached hydrogen (secondary N) is 1. The van der Waals surface area contributed by atoms with Crippen molar-refractivity contribution in [2.75, 3.05) is 26.2 Å². The van der Waals surface area contributed by atoms with Crippen LogP contribution in [-0.4, -0.2) is 46.9 Å². The lowest BCUT2D eigenvalue weighted by atomic mass is 9.79. The lowest BCUT2D eigenvalue weighted by Gasteiger charge is -2.40. The summed E-state index contributed by atoms with van der Waals surface area (Å²) in [6.07, 6.45) is 4.96. The molecule has 0 aliphatic carbocycles. The van der Waals surface area contributed by atoms with Crippen molar-refractivity contribution < 1.29 is 4.79 Å². The number of rotatable bonds is 4. The zero-order valence-electron chi connectivity index (χ0n) is 17.5. The Morgan fingerprint density at radius 2 is 1.86 bits per heavy atom. The molecule has 2 aliphatic heterocycles. The molecule has 1 atom stereocenters. The molecule has 1 aromatic heterocycles. The molecule has 29 heavy (non-hydrogen) atoms. The number of aromatic amines is 1. The SMILES string of the molecule is CC(C)c1ccc(CN2CCCC3(CCN(C(=O)c4ccc(=O)[nH]c4)C3)C2)cc1. The zero-order valence-corrected chi connectivity index (χ0v) is 17.5. The summed E-state index contributed by atoms with van der Waals surface area (Å²) >= 11 is 0. The van der Waals surface area contributed by atoms with Gasteiger partial charge in [0.1, 0.15) is 0 Å². The van der Waals surface area contributed by atoms with Crippen molar-refractivity contribution in [3.63, 3.8) is 0 Å². The van der Waals surface area contributed by atoms with E-state index in [1.54, 1.807) is 6.07 Å². The number of aromatic nitrogens is 1.